The maximum Gasteiger partial charge on any atom is 0.190 e. The average molecular weight is 249 g/mol. The second-order valence-electron chi connectivity index (χ2n) is 3.58. The van der Waals surface area contributed by atoms with E-state index in [1.807, 2.05) is 0 Å². The van der Waals surface area contributed by atoms with E-state index in [0.717, 1.165) is 19.3 Å². The summed E-state index contributed by atoms with van der Waals surface area (Å²) in [6, 6.07) is 2.40. The minimum absolute atomic E-state index is 0.0873. The Morgan fingerprint density at radius 2 is 1.81 bits per heavy atom. The summed E-state index contributed by atoms with van der Waals surface area (Å²) in [7, 11) is 0. The molecule has 1 rings (SSSR count). The second kappa shape index (κ2) is 6.69. The van der Waals surface area contributed by atoms with Gasteiger partial charge >= 0.3 is 0 Å². The first-order valence-electron chi connectivity index (χ1n) is 5.35. The standard InChI is InChI=1S/C12H15ClF2O/c1-2-3-4-5-16-12-10(14)6-9(8-13)7-11(12)15/h6-7H,2-5,8H2,1H3. The number of halogens is 3. The highest BCUT2D eigenvalue weighted by atomic mass is 35.5. The van der Waals surface area contributed by atoms with Gasteiger partial charge in [-0.05, 0) is 24.1 Å². The zero-order valence-corrected chi connectivity index (χ0v) is 9.99. The molecule has 0 saturated heterocycles. The van der Waals surface area contributed by atoms with Crippen LogP contribution < -0.4 is 4.74 Å². The third-order valence-corrected chi connectivity index (χ3v) is 2.52. The molecule has 0 fully saturated rings. The molecule has 1 aromatic carbocycles. The molecule has 0 aromatic heterocycles. The Morgan fingerprint density at radius 1 is 1.19 bits per heavy atom. The van der Waals surface area contributed by atoms with Crippen molar-refractivity contribution in [2.24, 2.45) is 0 Å². The molecule has 0 heterocycles. The number of unbranched alkanes of at least 4 members (excludes halogenated alkanes) is 2. The van der Waals surface area contributed by atoms with Crippen LogP contribution in [0.5, 0.6) is 5.75 Å². The average Bonchev–Trinajstić information content (AvgIpc) is 2.26. The summed E-state index contributed by atoms with van der Waals surface area (Å²) in [5, 5.41) is 0. The van der Waals surface area contributed by atoms with Crippen molar-refractivity contribution in [2.45, 2.75) is 32.1 Å². The van der Waals surface area contributed by atoms with E-state index < -0.39 is 11.6 Å². The quantitative estimate of drug-likeness (QED) is 0.540. The van der Waals surface area contributed by atoms with E-state index in [1.165, 1.54) is 12.1 Å². The molecule has 0 aliphatic carbocycles. The summed E-state index contributed by atoms with van der Waals surface area (Å²) < 4.78 is 31.8. The third kappa shape index (κ3) is 3.63. The molecule has 1 aromatic rings. The fraction of sp³-hybridized carbons (Fsp3) is 0.500. The molecule has 0 atom stereocenters. The van der Waals surface area contributed by atoms with Gasteiger partial charge in [0.1, 0.15) is 0 Å². The monoisotopic (exact) mass is 248 g/mol. The molecule has 1 nitrogen and oxygen atoms in total. The lowest BCUT2D eigenvalue weighted by atomic mass is 10.2. The van der Waals surface area contributed by atoms with E-state index in [2.05, 4.69) is 6.92 Å². The van der Waals surface area contributed by atoms with E-state index >= 15 is 0 Å². The number of hydrogen-bond acceptors (Lipinski definition) is 1. The SMILES string of the molecule is CCCCCOc1c(F)cc(CCl)cc1F. The van der Waals surface area contributed by atoms with Crippen molar-refractivity contribution in [3.63, 3.8) is 0 Å². The normalized spacial score (nSPS) is 10.5. The molecule has 0 radical (unpaired) electrons. The lowest BCUT2D eigenvalue weighted by Crippen LogP contribution is -2.02. The number of benzene rings is 1. The van der Waals surface area contributed by atoms with Crippen molar-refractivity contribution in [3.8, 4) is 5.75 Å². The summed E-state index contributed by atoms with van der Waals surface area (Å²) in [6.07, 6.45) is 2.83. The van der Waals surface area contributed by atoms with Crippen molar-refractivity contribution < 1.29 is 13.5 Å². The van der Waals surface area contributed by atoms with Crippen LogP contribution in [0.4, 0.5) is 8.78 Å². The van der Waals surface area contributed by atoms with Crippen LogP contribution in [-0.4, -0.2) is 6.61 Å². The van der Waals surface area contributed by atoms with Crippen LogP contribution in [0.25, 0.3) is 0 Å². The Labute approximate surface area is 99.4 Å². The van der Waals surface area contributed by atoms with Crippen molar-refractivity contribution in [3.05, 3.63) is 29.3 Å². The molecule has 16 heavy (non-hydrogen) atoms. The van der Waals surface area contributed by atoms with Crippen LogP contribution in [0.15, 0.2) is 12.1 Å². The molecular weight excluding hydrogens is 234 g/mol. The van der Waals surface area contributed by atoms with Crippen LogP contribution in [0.3, 0.4) is 0 Å². The summed E-state index contributed by atoms with van der Waals surface area (Å²) >= 11 is 5.49. The van der Waals surface area contributed by atoms with Crippen LogP contribution in [-0.2, 0) is 5.88 Å². The minimum Gasteiger partial charge on any atom is -0.488 e. The first kappa shape index (κ1) is 13.2. The van der Waals surface area contributed by atoms with Crippen molar-refractivity contribution in [2.75, 3.05) is 6.61 Å². The number of rotatable bonds is 6. The highest BCUT2D eigenvalue weighted by molar-refractivity contribution is 6.17. The van der Waals surface area contributed by atoms with Gasteiger partial charge < -0.3 is 4.74 Å². The summed E-state index contributed by atoms with van der Waals surface area (Å²) in [6.45, 7) is 2.39. The number of alkyl halides is 1. The minimum atomic E-state index is -0.688. The Balaban J connectivity index is 2.65. The van der Waals surface area contributed by atoms with Gasteiger partial charge in [0.15, 0.2) is 17.4 Å². The number of ether oxygens (including phenoxy) is 1. The highest BCUT2D eigenvalue weighted by Gasteiger charge is 2.11. The van der Waals surface area contributed by atoms with Crippen LogP contribution in [0.1, 0.15) is 31.7 Å². The van der Waals surface area contributed by atoms with Crippen LogP contribution in [0, 0.1) is 11.6 Å². The van der Waals surface area contributed by atoms with Gasteiger partial charge in [-0.15, -0.1) is 11.6 Å². The van der Waals surface area contributed by atoms with Gasteiger partial charge in [0, 0.05) is 5.88 Å². The maximum absolute atomic E-state index is 13.4. The molecule has 4 heteroatoms. The molecule has 0 amide bonds. The van der Waals surface area contributed by atoms with E-state index in [-0.39, 0.29) is 11.6 Å². The molecule has 0 aliphatic rings. The molecular formula is C12H15ClF2O. The van der Waals surface area contributed by atoms with Gasteiger partial charge in [0.2, 0.25) is 0 Å². The summed E-state index contributed by atoms with van der Waals surface area (Å²) in [5.41, 5.74) is 0.414. The Kier molecular flexibility index (Phi) is 5.53. The molecule has 90 valence electrons. The van der Waals surface area contributed by atoms with Gasteiger partial charge in [-0.2, -0.15) is 0 Å². The zero-order chi connectivity index (χ0) is 12.0. The van der Waals surface area contributed by atoms with Crippen LogP contribution in [0.2, 0.25) is 0 Å². The van der Waals surface area contributed by atoms with E-state index in [9.17, 15) is 8.78 Å². The van der Waals surface area contributed by atoms with Crippen molar-refractivity contribution in [1.82, 2.24) is 0 Å². The largest absolute Gasteiger partial charge is 0.488 e. The topological polar surface area (TPSA) is 9.23 Å². The predicted octanol–water partition coefficient (Wildman–Crippen LogP) is 4.27. The predicted molar refractivity (Wildman–Crippen MR) is 60.9 cm³/mol. The molecule has 0 unspecified atom stereocenters. The van der Waals surface area contributed by atoms with Gasteiger partial charge in [-0.1, -0.05) is 19.8 Å². The smallest absolute Gasteiger partial charge is 0.190 e. The van der Waals surface area contributed by atoms with Crippen molar-refractivity contribution in [1.29, 1.82) is 0 Å². The van der Waals surface area contributed by atoms with Gasteiger partial charge in [0.05, 0.1) is 6.61 Å². The lowest BCUT2D eigenvalue weighted by Gasteiger charge is -2.09. The highest BCUT2D eigenvalue weighted by Crippen LogP contribution is 2.24. The van der Waals surface area contributed by atoms with Gasteiger partial charge in [0.25, 0.3) is 0 Å². The van der Waals surface area contributed by atoms with E-state index in [0.29, 0.717) is 12.2 Å². The fourth-order valence-corrected chi connectivity index (χ4v) is 1.51. The number of hydrogen-bond donors (Lipinski definition) is 0. The second-order valence-corrected chi connectivity index (χ2v) is 3.85. The molecule has 0 spiro atoms. The third-order valence-electron chi connectivity index (χ3n) is 2.21. The first-order valence-corrected chi connectivity index (χ1v) is 5.89. The zero-order valence-electron chi connectivity index (χ0n) is 9.23. The molecule has 0 N–H and O–H groups in total. The lowest BCUT2D eigenvalue weighted by molar-refractivity contribution is 0.276. The first-order chi connectivity index (χ1) is 7.69. The fourth-order valence-electron chi connectivity index (χ4n) is 1.35. The van der Waals surface area contributed by atoms with Gasteiger partial charge in [-0.25, -0.2) is 8.78 Å². The summed E-state index contributed by atoms with van der Waals surface area (Å²) in [5.74, 6) is -1.59. The van der Waals surface area contributed by atoms with Crippen molar-refractivity contribution >= 4 is 11.6 Å². The Morgan fingerprint density at radius 3 is 2.31 bits per heavy atom. The molecule has 0 bridgehead atoms. The van der Waals surface area contributed by atoms with Gasteiger partial charge in [-0.3, -0.25) is 0 Å². The van der Waals surface area contributed by atoms with E-state index in [4.69, 9.17) is 16.3 Å². The summed E-state index contributed by atoms with van der Waals surface area (Å²) in [4.78, 5) is 0. The Hall–Kier alpha value is -0.830. The molecule has 0 saturated carbocycles. The van der Waals surface area contributed by atoms with Crippen LogP contribution >= 0.6 is 11.6 Å². The molecule has 0 aliphatic heterocycles. The Bertz CT molecular complexity index is 319. The van der Waals surface area contributed by atoms with E-state index in [1.54, 1.807) is 0 Å². The maximum atomic E-state index is 13.4.